The number of hydrogen-bond donors (Lipinski definition) is 1. The molecule has 1 aromatic carbocycles. The third kappa shape index (κ3) is 6.82. The summed E-state index contributed by atoms with van der Waals surface area (Å²) < 4.78 is 43.5. The number of aromatic nitrogens is 3. The van der Waals surface area contributed by atoms with E-state index in [1.807, 2.05) is 17.2 Å². The van der Waals surface area contributed by atoms with Gasteiger partial charge < -0.3 is 24.8 Å². The number of nitrogens with one attached hydrogen (secondary N) is 1. The molecule has 6 rings (SSSR count). The lowest BCUT2D eigenvalue weighted by molar-refractivity contribution is -0.124. The lowest BCUT2D eigenvalue weighted by Crippen LogP contribution is -2.49. The molecule has 3 aliphatic rings. The number of pyridine rings is 1. The van der Waals surface area contributed by atoms with Crippen molar-refractivity contribution in [1.29, 1.82) is 0 Å². The lowest BCUT2D eigenvalue weighted by atomic mass is 9.91. The zero-order chi connectivity index (χ0) is 31.7. The summed E-state index contributed by atoms with van der Waals surface area (Å²) in [4.78, 5) is 32.1. The molecule has 0 bridgehead atoms. The Balaban J connectivity index is 1.28. The van der Waals surface area contributed by atoms with Gasteiger partial charge in [-0.2, -0.15) is 4.98 Å². The first-order valence-electron chi connectivity index (χ1n) is 15.2. The number of nitrogens with zero attached hydrogens (tertiary/aromatic N) is 6. The van der Waals surface area contributed by atoms with Crippen LogP contribution in [0.15, 0.2) is 36.7 Å². The van der Waals surface area contributed by atoms with Crippen LogP contribution in [0.1, 0.15) is 31.2 Å². The van der Waals surface area contributed by atoms with Gasteiger partial charge in [-0.1, -0.05) is 12.0 Å². The number of methoxy groups -OCH3 is 1. The molecule has 238 valence electrons. The second kappa shape index (κ2) is 12.8. The first-order chi connectivity index (χ1) is 21.6. The largest absolute Gasteiger partial charge is 0.378 e. The molecule has 3 saturated heterocycles. The number of carbonyl (C=O) groups excluding carboxylic acids is 1. The highest BCUT2D eigenvalue weighted by Gasteiger charge is 2.33. The van der Waals surface area contributed by atoms with Crippen LogP contribution in [0.25, 0.3) is 10.8 Å². The predicted octanol–water partition coefficient (Wildman–Crippen LogP) is 3.15. The van der Waals surface area contributed by atoms with Gasteiger partial charge in [0.1, 0.15) is 27.6 Å². The molecule has 0 aliphatic carbocycles. The van der Waals surface area contributed by atoms with Gasteiger partial charge in [0.25, 0.3) is 5.91 Å². The molecule has 3 aliphatic heterocycles. The van der Waals surface area contributed by atoms with Gasteiger partial charge in [0, 0.05) is 81.4 Å². The summed E-state index contributed by atoms with van der Waals surface area (Å²) in [7, 11) is -1.52. The van der Waals surface area contributed by atoms with Crippen LogP contribution in [0, 0.1) is 17.8 Å². The SMILES string of the molecule is CC#CC(=O)N1CC[C@H](c2ccc(N3CC(CS(C)(=O)=O)C3)c3cnc(Nc4ccnc(N5CC[C@@H](OC)[C@@H](F)C5)n4)cc23)C1. The fourth-order valence-corrected chi connectivity index (χ4v) is 7.73. The smallest absolute Gasteiger partial charge is 0.298 e. The molecular weight excluding hydrogens is 597 g/mol. The summed E-state index contributed by atoms with van der Waals surface area (Å²) in [5.41, 5.74) is 2.12. The number of ether oxygens (including phenoxy) is 1. The van der Waals surface area contributed by atoms with Crippen LogP contribution in [0.5, 0.6) is 0 Å². The number of alkyl halides is 1. The number of rotatable bonds is 8. The van der Waals surface area contributed by atoms with Crippen LogP contribution in [0.2, 0.25) is 0 Å². The number of fused-ring (bicyclic) bond motifs is 1. The number of likely N-dealkylation sites (tertiary alicyclic amines) is 1. The number of anilines is 4. The van der Waals surface area contributed by atoms with Gasteiger partial charge in [0.2, 0.25) is 5.95 Å². The quantitative estimate of drug-likeness (QED) is 0.370. The molecular formula is C32H38FN7O4S. The van der Waals surface area contributed by atoms with Gasteiger partial charge in [-0.25, -0.2) is 22.8 Å². The van der Waals surface area contributed by atoms with Gasteiger partial charge in [0.05, 0.1) is 18.4 Å². The molecule has 0 radical (unpaired) electrons. The minimum Gasteiger partial charge on any atom is -0.378 e. The van der Waals surface area contributed by atoms with E-state index in [-0.39, 0.29) is 30.0 Å². The molecule has 0 saturated carbocycles. The highest BCUT2D eigenvalue weighted by Crippen LogP contribution is 2.39. The van der Waals surface area contributed by atoms with Crippen molar-refractivity contribution in [2.24, 2.45) is 5.92 Å². The van der Waals surface area contributed by atoms with Crippen LogP contribution in [0.3, 0.4) is 0 Å². The van der Waals surface area contributed by atoms with E-state index < -0.39 is 22.1 Å². The van der Waals surface area contributed by atoms with E-state index in [0.717, 1.165) is 28.4 Å². The predicted molar refractivity (Wildman–Crippen MR) is 172 cm³/mol. The summed E-state index contributed by atoms with van der Waals surface area (Å²) >= 11 is 0. The third-order valence-electron chi connectivity index (χ3n) is 8.86. The van der Waals surface area contributed by atoms with Gasteiger partial charge in [-0.3, -0.25) is 4.79 Å². The monoisotopic (exact) mass is 635 g/mol. The summed E-state index contributed by atoms with van der Waals surface area (Å²) in [6.45, 7) is 4.96. The summed E-state index contributed by atoms with van der Waals surface area (Å²) in [6, 6.07) is 7.96. The van der Waals surface area contributed by atoms with Crippen LogP contribution >= 0.6 is 0 Å². The molecule has 0 spiro atoms. The Bertz CT molecular complexity index is 1760. The van der Waals surface area contributed by atoms with E-state index in [1.165, 1.54) is 13.4 Å². The number of piperidine rings is 1. The van der Waals surface area contributed by atoms with Crippen LogP contribution < -0.4 is 15.1 Å². The number of halogens is 1. The van der Waals surface area contributed by atoms with Crippen molar-refractivity contribution in [1.82, 2.24) is 19.9 Å². The Kier molecular flexibility index (Phi) is 8.79. The second-order valence-electron chi connectivity index (χ2n) is 12.2. The average Bonchev–Trinajstić information content (AvgIpc) is 3.48. The van der Waals surface area contributed by atoms with Gasteiger partial charge in [0.15, 0.2) is 0 Å². The fraction of sp³-hybridized carbons (Fsp3) is 0.500. The van der Waals surface area contributed by atoms with Crippen molar-refractivity contribution in [2.45, 2.75) is 38.0 Å². The van der Waals surface area contributed by atoms with E-state index in [2.05, 4.69) is 44.2 Å². The van der Waals surface area contributed by atoms with Crippen molar-refractivity contribution >= 4 is 49.8 Å². The molecule has 3 aromatic rings. The minimum absolute atomic E-state index is 0.0950. The summed E-state index contributed by atoms with van der Waals surface area (Å²) in [5, 5.41) is 5.28. The number of benzene rings is 1. The van der Waals surface area contributed by atoms with Crippen LogP contribution in [-0.2, 0) is 19.4 Å². The fourth-order valence-electron chi connectivity index (χ4n) is 6.66. The molecule has 11 nitrogen and oxygen atoms in total. The molecule has 2 aromatic heterocycles. The van der Waals surface area contributed by atoms with Crippen molar-refractivity contribution in [3.8, 4) is 11.8 Å². The van der Waals surface area contributed by atoms with Crippen LogP contribution in [0.4, 0.5) is 27.7 Å². The number of amides is 1. The first kappa shape index (κ1) is 31.0. The maximum absolute atomic E-state index is 14.6. The molecule has 1 N–H and O–H groups in total. The highest BCUT2D eigenvalue weighted by atomic mass is 32.2. The normalized spacial score (nSPS) is 22.2. The van der Waals surface area contributed by atoms with Gasteiger partial charge >= 0.3 is 0 Å². The van der Waals surface area contributed by atoms with Crippen molar-refractivity contribution in [3.63, 3.8) is 0 Å². The minimum atomic E-state index is -3.05. The first-order valence-corrected chi connectivity index (χ1v) is 17.3. The Morgan fingerprint density at radius 2 is 1.89 bits per heavy atom. The third-order valence-corrected chi connectivity index (χ3v) is 9.94. The average molecular weight is 636 g/mol. The Morgan fingerprint density at radius 1 is 1.07 bits per heavy atom. The number of hydrogen-bond acceptors (Lipinski definition) is 10. The van der Waals surface area contributed by atoms with Gasteiger partial charge in [-0.15, -0.1) is 0 Å². The lowest BCUT2D eigenvalue weighted by Gasteiger charge is -2.41. The Morgan fingerprint density at radius 3 is 2.62 bits per heavy atom. The molecule has 5 heterocycles. The Hall–Kier alpha value is -4.02. The molecule has 3 fully saturated rings. The summed E-state index contributed by atoms with van der Waals surface area (Å²) in [5.74, 6) is 7.16. The maximum atomic E-state index is 14.6. The summed E-state index contributed by atoms with van der Waals surface area (Å²) in [6.07, 6.45) is 4.59. The maximum Gasteiger partial charge on any atom is 0.298 e. The van der Waals surface area contributed by atoms with E-state index in [0.29, 0.717) is 56.7 Å². The molecule has 0 unspecified atom stereocenters. The van der Waals surface area contributed by atoms with Crippen molar-refractivity contribution in [2.75, 3.05) is 73.5 Å². The zero-order valence-corrected chi connectivity index (χ0v) is 26.6. The van der Waals surface area contributed by atoms with Crippen molar-refractivity contribution in [3.05, 3.63) is 42.2 Å². The Labute approximate surface area is 263 Å². The van der Waals surface area contributed by atoms with Gasteiger partial charge in [-0.05, 0) is 54.8 Å². The highest BCUT2D eigenvalue weighted by molar-refractivity contribution is 7.90. The molecule has 3 atom stereocenters. The number of sulfone groups is 1. The van der Waals surface area contributed by atoms with Crippen LogP contribution in [-0.4, -0.2) is 105 Å². The van der Waals surface area contributed by atoms with Crippen molar-refractivity contribution < 1.29 is 22.3 Å². The topological polar surface area (TPSA) is 121 Å². The van der Waals surface area contributed by atoms with E-state index >= 15 is 0 Å². The second-order valence-corrected chi connectivity index (χ2v) is 14.3. The molecule has 13 heteroatoms. The van der Waals surface area contributed by atoms with E-state index in [1.54, 1.807) is 24.1 Å². The zero-order valence-electron chi connectivity index (χ0n) is 25.7. The van der Waals surface area contributed by atoms with E-state index in [4.69, 9.17) is 9.72 Å². The standard InChI is InChI=1S/C32H38FN7O4S/c1-4-5-31(41)38-12-9-22(18-38)23-6-7-27(40-16-21(17-40)20-45(3,42)43)25-15-35-30(14-24(23)25)36-29-8-11-34-32(37-29)39-13-10-28(44-2)26(33)19-39/h6-8,11,14-15,21-22,26,28H,9-10,12-13,16-20H2,1-3H3,(H,34,35,36,37)/t22-,26-,28+/m0/s1. The molecule has 45 heavy (non-hydrogen) atoms. The van der Waals surface area contributed by atoms with E-state index in [9.17, 15) is 17.6 Å². The number of carbonyl (C=O) groups is 1. The molecule has 1 amide bonds.